The average Bonchev–Trinajstić information content (AvgIpc) is 3.11. The molecule has 0 spiro atoms. The molecule has 3 heteroatoms. The zero-order chi connectivity index (χ0) is 28.8. The SMILES string of the molecule is c1ccc(-c2cc(-c3nc(-c4ccccc4)nc(-c4ccccc4)n3)cc(C34CC5CC6C7CC(CC63)CC4C7C5)c2)cc1. The summed E-state index contributed by atoms with van der Waals surface area (Å²) in [6.07, 6.45) is 8.79. The maximum atomic E-state index is 5.19. The topological polar surface area (TPSA) is 38.7 Å². The van der Waals surface area contributed by atoms with Crippen molar-refractivity contribution in [2.75, 3.05) is 0 Å². The molecule has 0 saturated heterocycles. The van der Waals surface area contributed by atoms with Crippen LogP contribution in [0.1, 0.15) is 44.1 Å². The minimum Gasteiger partial charge on any atom is -0.208 e. The van der Waals surface area contributed by atoms with Gasteiger partial charge < -0.3 is 0 Å². The molecule has 0 N–H and O–H groups in total. The lowest BCUT2D eigenvalue weighted by atomic mass is 9.30. The van der Waals surface area contributed by atoms with Crippen LogP contribution in [0.4, 0.5) is 0 Å². The molecule has 0 radical (unpaired) electrons. The van der Waals surface area contributed by atoms with Gasteiger partial charge in [-0.25, -0.2) is 15.0 Å². The fourth-order valence-corrected chi connectivity index (χ4v) is 11.3. The summed E-state index contributed by atoms with van der Waals surface area (Å²) in [5.74, 6) is 8.67. The van der Waals surface area contributed by atoms with Gasteiger partial charge in [-0.3, -0.25) is 0 Å². The van der Waals surface area contributed by atoms with Crippen molar-refractivity contribution in [3.63, 3.8) is 0 Å². The molecule has 4 aromatic carbocycles. The molecule has 5 aromatic rings. The Morgan fingerprint density at radius 3 is 1.48 bits per heavy atom. The van der Waals surface area contributed by atoms with Crippen LogP contribution in [0.15, 0.2) is 109 Å². The Hall–Kier alpha value is -4.11. The number of rotatable bonds is 5. The molecule has 7 aliphatic carbocycles. The van der Waals surface area contributed by atoms with Crippen LogP contribution in [-0.4, -0.2) is 15.0 Å². The molecule has 216 valence electrons. The Morgan fingerprint density at radius 2 is 0.909 bits per heavy atom. The van der Waals surface area contributed by atoms with Gasteiger partial charge >= 0.3 is 0 Å². The van der Waals surface area contributed by atoms with Crippen molar-refractivity contribution >= 4 is 0 Å². The van der Waals surface area contributed by atoms with Crippen LogP contribution in [0.3, 0.4) is 0 Å². The maximum absolute atomic E-state index is 5.19. The monoisotopic (exact) mass is 571 g/mol. The van der Waals surface area contributed by atoms with Crippen LogP contribution in [-0.2, 0) is 5.41 Å². The van der Waals surface area contributed by atoms with E-state index in [-0.39, 0.29) is 0 Å². The maximum Gasteiger partial charge on any atom is 0.164 e. The minimum absolute atomic E-state index is 0.307. The summed E-state index contributed by atoms with van der Waals surface area (Å²) >= 11 is 0. The third kappa shape index (κ3) is 3.65. The first-order valence-electron chi connectivity index (χ1n) is 16.8. The van der Waals surface area contributed by atoms with Crippen molar-refractivity contribution in [3.8, 4) is 45.3 Å². The molecule has 1 aromatic heterocycles. The molecule has 1 heterocycles. The first kappa shape index (κ1) is 25.2. The highest BCUT2D eigenvalue weighted by Gasteiger charge is 2.70. The fraction of sp³-hybridized carbons (Fsp3) is 0.341. The van der Waals surface area contributed by atoms with Gasteiger partial charge in [-0.1, -0.05) is 97.1 Å². The minimum atomic E-state index is 0.307. The molecule has 7 saturated carbocycles. The van der Waals surface area contributed by atoms with Gasteiger partial charge in [-0.2, -0.15) is 0 Å². The summed E-state index contributed by atoms with van der Waals surface area (Å²) in [6.45, 7) is 0. The smallest absolute Gasteiger partial charge is 0.164 e. The van der Waals surface area contributed by atoms with E-state index in [1.54, 1.807) is 5.56 Å². The van der Waals surface area contributed by atoms with Crippen molar-refractivity contribution in [2.45, 2.75) is 43.9 Å². The van der Waals surface area contributed by atoms with E-state index in [1.165, 1.54) is 49.7 Å². The predicted octanol–water partition coefficient (Wildman–Crippen LogP) is 9.50. The van der Waals surface area contributed by atoms with Crippen LogP contribution in [0.5, 0.6) is 0 Å². The first-order chi connectivity index (χ1) is 21.7. The van der Waals surface area contributed by atoms with Crippen molar-refractivity contribution in [1.82, 2.24) is 15.0 Å². The molecule has 44 heavy (non-hydrogen) atoms. The van der Waals surface area contributed by atoms with Crippen molar-refractivity contribution < 1.29 is 0 Å². The summed E-state index contributed by atoms with van der Waals surface area (Å²) in [6, 6.07) is 39.2. The molecule has 8 bridgehead atoms. The third-order valence-corrected chi connectivity index (χ3v) is 12.6. The third-order valence-electron chi connectivity index (χ3n) is 12.6. The molecule has 4 atom stereocenters. The second-order valence-electron chi connectivity index (χ2n) is 14.6. The highest BCUT2D eigenvalue weighted by atomic mass is 15.0. The summed E-state index contributed by atoms with van der Waals surface area (Å²) in [4.78, 5) is 15.4. The quantitative estimate of drug-likeness (QED) is 0.211. The standard InChI is InChI=1S/C41H37N3/c1-4-10-27(11-5-1)30-21-31(40-43-38(28-12-6-2-7-13-28)42-39(44-40)29-14-8-3-9-15-29)23-32(22-30)41-24-26-17-34-33-16-25(19-36(34)41)20-37(41)35(33)18-26/h1-15,21-23,25-26,33-37H,16-20,24H2. The molecular formula is C41H37N3. The van der Waals surface area contributed by atoms with E-state index < -0.39 is 0 Å². The van der Waals surface area contributed by atoms with Gasteiger partial charge in [0.05, 0.1) is 0 Å². The van der Waals surface area contributed by atoms with Crippen LogP contribution in [0.25, 0.3) is 45.3 Å². The Morgan fingerprint density at radius 1 is 0.432 bits per heavy atom. The van der Waals surface area contributed by atoms with Crippen LogP contribution < -0.4 is 0 Å². The summed E-state index contributed by atoms with van der Waals surface area (Å²) in [7, 11) is 0. The van der Waals surface area contributed by atoms with Gasteiger partial charge in [0.1, 0.15) is 0 Å². The van der Waals surface area contributed by atoms with Crippen molar-refractivity contribution in [3.05, 3.63) is 115 Å². The van der Waals surface area contributed by atoms with Crippen LogP contribution in [0, 0.1) is 41.4 Å². The number of aromatic nitrogens is 3. The molecule has 3 nitrogen and oxygen atoms in total. The molecule has 7 fully saturated rings. The van der Waals surface area contributed by atoms with Crippen molar-refractivity contribution in [2.24, 2.45) is 41.4 Å². The van der Waals surface area contributed by atoms with Gasteiger partial charge in [0.25, 0.3) is 0 Å². The number of benzene rings is 4. The van der Waals surface area contributed by atoms with E-state index in [1.807, 2.05) is 12.1 Å². The number of nitrogens with zero attached hydrogens (tertiary/aromatic N) is 3. The Kier molecular flexibility index (Phi) is 5.42. The number of hydrogen-bond acceptors (Lipinski definition) is 3. The normalized spacial score (nSPS) is 32.3. The molecule has 4 unspecified atom stereocenters. The first-order valence-corrected chi connectivity index (χ1v) is 16.8. The van der Waals surface area contributed by atoms with Gasteiger partial charge in [-0.05, 0) is 109 Å². The lowest BCUT2D eigenvalue weighted by molar-refractivity contribution is -0.220. The van der Waals surface area contributed by atoms with E-state index in [0.717, 1.165) is 75.6 Å². The van der Waals surface area contributed by atoms with Crippen LogP contribution >= 0.6 is 0 Å². The summed E-state index contributed by atoms with van der Waals surface area (Å²) in [5, 5.41) is 0. The molecule has 12 rings (SSSR count). The highest BCUT2D eigenvalue weighted by molar-refractivity contribution is 5.74. The van der Waals surface area contributed by atoms with E-state index >= 15 is 0 Å². The van der Waals surface area contributed by atoms with Crippen LogP contribution in [0.2, 0.25) is 0 Å². The largest absolute Gasteiger partial charge is 0.208 e. The Labute approximate surface area is 259 Å². The van der Waals surface area contributed by atoms with Crippen molar-refractivity contribution in [1.29, 1.82) is 0 Å². The van der Waals surface area contributed by atoms with E-state index in [4.69, 9.17) is 15.0 Å². The Bertz CT molecular complexity index is 1790. The zero-order valence-corrected chi connectivity index (χ0v) is 25.0. The molecule has 0 amide bonds. The number of hydrogen-bond donors (Lipinski definition) is 0. The van der Waals surface area contributed by atoms with E-state index in [2.05, 4.69) is 97.1 Å². The zero-order valence-electron chi connectivity index (χ0n) is 25.0. The predicted molar refractivity (Wildman–Crippen MR) is 175 cm³/mol. The van der Waals surface area contributed by atoms with Gasteiger partial charge in [0.15, 0.2) is 17.5 Å². The second kappa shape index (κ2) is 9.44. The van der Waals surface area contributed by atoms with Gasteiger partial charge in [0.2, 0.25) is 0 Å². The molecular weight excluding hydrogens is 534 g/mol. The fourth-order valence-electron chi connectivity index (χ4n) is 11.3. The molecule has 7 aliphatic rings. The summed E-state index contributed by atoms with van der Waals surface area (Å²) < 4.78 is 0. The van der Waals surface area contributed by atoms with E-state index in [9.17, 15) is 0 Å². The average molecular weight is 572 g/mol. The lowest BCUT2D eigenvalue weighted by Gasteiger charge is -2.74. The molecule has 0 aliphatic heterocycles. The van der Waals surface area contributed by atoms with Gasteiger partial charge in [0, 0.05) is 22.1 Å². The van der Waals surface area contributed by atoms with Gasteiger partial charge in [-0.15, -0.1) is 0 Å². The highest BCUT2D eigenvalue weighted by Crippen LogP contribution is 2.76. The van der Waals surface area contributed by atoms with E-state index in [0.29, 0.717) is 5.41 Å². The second-order valence-corrected chi connectivity index (χ2v) is 14.6. The lowest BCUT2D eigenvalue weighted by Crippen LogP contribution is -2.69. The Balaban J connectivity index is 1.20. The summed E-state index contributed by atoms with van der Waals surface area (Å²) in [5.41, 5.74) is 7.60.